The summed E-state index contributed by atoms with van der Waals surface area (Å²) in [5, 5.41) is 0.592. The average Bonchev–Trinajstić information content (AvgIpc) is 2.75. The number of nitrogens with zero attached hydrogens (tertiary/aromatic N) is 1. The Morgan fingerprint density at radius 2 is 2.27 bits per heavy atom. The Morgan fingerprint density at radius 3 is 2.80 bits per heavy atom. The topological polar surface area (TPSA) is 64.1 Å². The first kappa shape index (κ1) is 10.2. The maximum absolute atomic E-state index is 5.75. The molecule has 5 heteroatoms. The fourth-order valence-corrected chi connectivity index (χ4v) is 1.44. The predicted octanol–water partition coefficient (Wildman–Crippen LogP) is 1.88. The predicted molar refractivity (Wildman–Crippen MR) is 57.1 cm³/mol. The number of pyridine rings is 1. The molecule has 1 unspecified atom stereocenters. The van der Waals surface area contributed by atoms with Gasteiger partial charge in [0.2, 0.25) is 0 Å². The van der Waals surface area contributed by atoms with Gasteiger partial charge in [-0.25, -0.2) is 5.43 Å². The van der Waals surface area contributed by atoms with Crippen LogP contribution in [0.25, 0.3) is 0 Å². The zero-order valence-corrected chi connectivity index (χ0v) is 8.61. The van der Waals surface area contributed by atoms with Gasteiger partial charge in [-0.1, -0.05) is 11.6 Å². The van der Waals surface area contributed by atoms with E-state index in [0.717, 1.165) is 5.69 Å². The molecule has 0 spiro atoms. The lowest BCUT2D eigenvalue weighted by Gasteiger charge is -2.12. The maximum Gasteiger partial charge on any atom is 0.128 e. The SMILES string of the molecule is NNC(c1ccc(Cl)cn1)c1ccco1. The Balaban J connectivity index is 2.31. The van der Waals surface area contributed by atoms with Gasteiger partial charge in [-0.3, -0.25) is 10.8 Å². The van der Waals surface area contributed by atoms with Crippen LogP contribution in [0.4, 0.5) is 0 Å². The van der Waals surface area contributed by atoms with Gasteiger partial charge >= 0.3 is 0 Å². The van der Waals surface area contributed by atoms with E-state index in [4.69, 9.17) is 21.9 Å². The first-order chi connectivity index (χ1) is 7.31. The van der Waals surface area contributed by atoms with Crippen LogP contribution in [0.2, 0.25) is 5.02 Å². The van der Waals surface area contributed by atoms with Crippen molar-refractivity contribution in [2.24, 2.45) is 5.84 Å². The molecule has 78 valence electrons. The van der Waals surface area contributed by atoms with Crippen molar-refractivity contribution in [1.82, 2.24) is 10.4 Å². The smallest absolute Gasteiger partial charge is 0.128 e. The molecule has 0 aromatic carbocycles. The molecule has 0 bridgehead atoms. The molecule has 4 nitrogen and oxygen atoms in total. The van der Waals surface area contributed by atoms with Crippen molar-refractivity contribution in [3.8, 4) is 0 Å². The van der Waals surface area contributed by atoms with Crippen LogP contribution >= 0.6 is 11.6 Å². The number of nitrogens with one attached hydrogen (secondary N) is 1. The lowest BCUT2D eigenvalue weighted by molar-refractivity contribution is 0.447. The Labute approximate surface area is 92.0 Å². The van der Waals surface area contributed by atoms with Crippen molar-refractivity contribution in [3.05, 3.63) is 53.2 Å². The normalized spacial score (nSPS) is 12.7. The van der Waals surface area contributed by atoms with Crippen LogP contribution in [-0.2, 0) is 0 Å². The van der Waals surface area contributed by atoms with Crippen LogP contribution in [-0.4, -0.2) is 4.98 Å². The zero-order valence-electron chi connectivity index (χ0n) is 7.85. The Kier molecular flexibility index (Phi) is 3.01. The van der Waals surface area contributed by atoms with Crippen LogP contribution in [0.15, 0.2) is 41.1 Å². The van der Waals surface area contributed by atoms with E-state index in [2.05, 4.69) is 10.4 Å². The van der Waals surface area contributed by atoms with Crippen molar-refractivity contribution >= 4 is 11.6 Å². The van der Waals surface area contributed by atoms with Crippen molar-refractivity contribution in [2.45, 2.75) is 6.04 Å². The third-order valence-electron chi connectivity index (χ3n) is 2.04. The van der Waals surface area contributed by atoms with Crippen LogP contribution in [0.1, 0.15) is 17.5 Å². The second-order valence-corrected chi connectivity index (χ2v) is 3.45. The molecule has 3 N–H and O–H groups in total. The number of hydrogen-bond donors (Lipinski definition) is 2. The van der Waals surface area contributed by atoms with Crippen molar-refractivity contribution in [3.63, 3.8) is 0 Å². The number of rotatable bonds is 3. The third kappa shape index (κ3) is 2.18. The first-order valence-electron chi connectivity index (χ1n) is 4.42. The summed E-state index contributed by atoms with van der Waals surface area (Å²) in [6.45, 7) is 0. The lowest BCUT2D eigenvalue weighted by atomic mass is 10.1. The van der Waals surface area contributed by atoms with Gasteiger partial charge in [0.05, 0.1) is 17.0 Å². The molecule has 0 radical (unpaired) electrons. The zero-order chi connectivity index (χ0) is 10.7. The van der Waals surface area contributed by atoms with E-state index in [0.29, 0.717) is 10.8 Å². The summed E-state index contributed by atoms with van der Waals surface area (Å²) in [6, 6.07) is 6.94. The number of nitrogens with two attached hydrogens (primary N) is 1. The molecule has 1 atom stereocenters. The van der Waals surface area contributed by atoms with Crippen LogP contribution in [0.5, 0.6) is 0 Å². The van der Waals surface area contributed by atoms with E-state index in [1.807, 2.05) is 6.07 Å². The number of halogens is 1. The average molecular weight is 224 g/mol. The van der Waals surface area contributed by atoms with E-state index in [9.17, 15) is 0 Å². The van der Waals surface area contributed by atoms with Crippen LogP contribution in [0.3, 0.4) is 0 Å². The molecule has 0 aliphatic heterocycles. The first-order valence-corrected chi connectivity index (χ1v) is 4.80. The van der Waals surface area contributed by atoms with Gasteiger partial charge in [-0.2, -0.15) is 0 Å². The van der Waals surface area contributed by atoms with Gasteiger partial charge in [-0.05, 0) is 24.3 Å². The fraction of sp³-hybridized carbons (Fsp3) is 0.100. The molecule has 0 fully saturated rings. The molecule has 2 aromatic heterocycles. The second kappa shape index (κ2) is 4.44. The molecular formula is C10H10ClN3O. The minimum absolute atomic E-state index is 0.253. The fourth-order valence-electron chi connectivity index (χ4n) is 1.33. The van der Waals surface area contributed by atoms with Gasteiger partial charge < -0.3 is 4.42 Å². The van der Waals surface area contributed by atoms with Crippen molar-refractivity contribution in [2.75, 3.05) is 0 Å². The summed E-state index contributed by atoms with van der Waals surface area (Å²) in [5.41, 5.74) is 3.40. The van der Waals surface area contributed by atoms with Crippen LogP contribution < -0.4 is 11.3 Å². The van der Waals surface area contributed by atoms with Gasteiger partial charge in [0.25, 0.3) is 0 Å². The minimum Gasteiger partial charge on any atom is -0.467 e. The Hall–Kier alpha value is -1.36. The third-order valence-corrected chi connectivity index (χ3v) is 2.26. The number of hydrazine groups is 1. The van der Waals surface area contributed by atoms with Crippen molar-refractivity contribution < 1.29 is 4.42 Å². The van der Waals surface area contributed by atoms with E-state index >= 15 is 0 Å². The number of aromatic nitrogens is 1. The van der Waals surface area contributed by atoms with E-state index in [1.54, 1.807) is 30.7 Å². The van der Waals surface area contributed by atoms with Gasteiger partial charge in [0.1, 0.15) is 11.8 Å². The Bertz CT molecular complexity index is 413. The summed E-state index contributed by atoms with van der Waals surface area (Å²) in [6.07, 6.45) is 3.17. The monoisotopic (exact) mass is 223 g/mol. The standard InChI is InChI=1S/C10H10ClN3O/c11-7-3-4-8(13-6-7)10(14-12)9-2-1-5-15-9/h1-6,10,14H,12H2. The highest BCUT2D eigenvalue weighted by molar-refractivity contribution is 6.30. The molecule has 0 saturated heterocycles. The summed E-state index contributed by atoms with van der Waals surface area (Å²) < 4.78 is 5.26. The Morgan fingerprint density at radius 1 is 1.40 bits per heavy atom. The molecule has 0 aliphatic rings. The van der Waals surface area contributed by atoms with E-state index < -0.39 is 0 Å². The van der Waals surface area contributed by atoms with Crippen molar-refractivity contribution in [1.29, 1.82) is 0 Å². The highest BCUT2D eigenvalue weighted by Crippen LogP contribution is 2.20. The van der Waals surface area contributed by atoms with Gasteiger partial charge in [0.15, 0.2) is 0 Å². The number of hydrogen-bond acceptors (Lipinski definition) is 4. The quantitative estimate of drug-likeness (QED) is 0.616. The summed E-state index contributed by atoms with van der Waals surface area (Å²) >= 11 is 5.75. The minimum atomic E-state index is -0.253. The molecule has 0 aliphatic carbocycles. The molecule has 2 heterocycles. The summed E-state index contributed by atoms with van der Waals surface area (Å²) in [4.78, 5) is 4.17. The number of furan rings is 1. The molecule has 2 rings (SSSR count). The molecule has 15 heavy (non-hydrogen) atoms. The maximum atomic E-state index is 5.75. The highest BCUT2D eigenvalue weighted by Gasteiger charge is 2.15. The van der Waals surface area contributed by atoms with Gasteiger partial charge in [-0.15, -0.1) is 0 Å². The largest absolute Gasteiger partial charge is 0.467 e. The molecule has 0 saturated carbocycles. The van der Waals surface area contributed by atoms with E-state index in [-0.39, 0.29) is 6.04 Å². The van der Waals surface area contributed by atoms with E-state index in [1.165, 1.54) is 0 Å². The van der Waals surface area contributed by atoms with Crippen LogP contribution in [0, 0.1) is 0 Å². The summed E-state index contributed by atoms with van der Waals surface area (Å²) in [7, 11) is 0. The highest BCUT2D eigenvalue weighted by atomic mass is 35.5. The molecular weight excluding hydrogens is 214 g/mol. The van der Waals surface area contributed by atoms with Gasteiger partial charge in [0, 0.05) is 6.20 Å². The second-order valence-electron chi connectivity index (χ2n) is 3.02. The molecule has 2 aromatic rings. The lowest BCUT2D eigenvalue weighted by Crippen LogP contribution is -2.29. The molecule has 0 amide bonds. The summed E-state index contributed by atoms with van der Waals surface area (Å²) in [5.74, 6) is 6.17.